The molecule has 0 aromatic heterocycles. The molecule has 0 radical (unpaired) electrons. The maximum Gasteiger partial charge on any atom is 0.387 e. The molecule has 0 unspecified atom stereocenters. The fourth-order valence-corrected chi connectivity index (χ4v) is 1.82. The molecule has 23 heavy (non-hydrogen) atoms. The Balaban J connectivity index is 2.57. The van der Waals surface area contributed by atoms with Crippen LogP contribution in [-0.4, -0.2) is 51.7 Å². The molecule has 0 saturated heterocycles. The van der Waals surface area contributed by atoms with Gasteiger partial charge in [0, 0.05) is 12.6 Å². The molecular formula is C16H22F2N2O3. The fourth-order valence-electron chi connectivity index (χ4n) is 1.82. The quantitative estimate of drug-likeness (QED) is 0.559. The standard InChI is InChI=1S/C16H22F2N2O3/c1-20(2)10-4-9-19-15(21)8-6-12-5-7-13(23-16(17)18)14(11-12)22-3/h5-8,11,16H,4,9-10H2,1-3H3,(H,19,21). The van der Waals surface area contributed by atoms with E-state index in [1.165, 1.54) is 25.3 Å². The van der Waals surface area contributed by atoms with Crippen molar-refractivity contribution in [2.45, 2.75) is 13.0 Å². The lowest BCUT2D eigenvalue weighted by atomic mass is 10.2. The largest absolute Gasteiger partial charge is 0.493 e. The Bertz CT molecular complexity index is 534. The first kappa shape index (κ1) is 18.9. The summed E-state index contributed by atoms with van der Waals surface area (Å²) < 4.78 is 33.8. The molecule has 0 heterocycles. The number of hydrogen-bond acceptors (Lipinski definition) is 4. The average Bonchev–Trinajstić information content (AvgIpc) is 2.49. The SMILES string of the molecule is COc1cc(C=CC(=O)NCCCN(C)C)ccc1OC(F)F. The molecule has 128 valence electrons. The molecule has 1 aromatic carbocycles. The smallest absolute Gasteiger partial charge is 0.387 e. The summed E-state index contributed by atoms with van der Waals surface area (Å²) in [5.41, 5.74) is 0.645. The molecule has 0 bridgehead atoms. The van der Waals surface area contributed by atoms with Crippen LogP contribution in [0.2, 0.25) is 0 Å². The fraction of sp³-hybridized carbons (Fsp3) is 0.438. The number of amides is 1. The monoisotopic (exact) mass is 328 g/mol. The van der Waals surface area contributed by atoms with E-state index >= 15 is 0 Å². The minimum absolute atomic E-state index is 0.0483. The van der Waals surface area contributed by atoms with Crippen LogP contribution in [0.3, 0.4) is 0 Å². The second kappa shape index (κ2) is 9.78. The summed E-state index contributed by atoms with van der Waals surface area (Å²) in [7, 11) is 5.30. The van der Waals surface area contributed by atoms with Crippen LogP contribution in [0.25, 0.3) is 6.08 Å². The lowest BCUT2D eigenvalue weighted by Gasteiger charge is -2.10. The van der Waals surface area contributed by atoms with Gasteiger partial charge in [-0.15, -0.1) is 0 Å². The van der Waals surface area contributed by atoms with Crippen LogP contribution in [0.1, 0.15) is 12.0 Å². The lowest BCUT2D eigenvalue weighted by Crippen LogP contribution is -2.25. The Labute approximate surface area is 134 Å². The van der Waals surface area contributed by atoms with Gasteiger partial charge in [-0.05, 0) is 50.8 Å². The van der Waals surface area contributed by atoms with E-state index in [1.54, 1.807) is 12.1 Å². The number of benzene rings is 1. The van der Waals surface area contributed by atoms with E-state index in [0.29, 0.717) is 12.1 Å². The number of rotatable bonds is 9. The Morgan fingerprint density at radius 1 is 1.35 bits per heavy atom. The van der Waals surface area contributed by atoms with Crippen molar-refractivity contribution in [3.63, 3.8) is 0 Å². The van der Waals surface area contributed by atoms with Crippen molar-refractivity contribution in [1.82, 2.24) is 10.2 Å². The molecule has 1 aromatic rings. The van der Waals surface area contributed by atoms with E-state index in [0.717, 1.165) is 13.0 Å². The van der Waals surface area contributed by atoms with Crippen LogP contribution in [0.5, 0.6) is 11.5 Å². The summed E-state index contributed by atoms with van der Waals surface area (Å²) in [5, 5.41) is 2.77. The lowest BCUT2D eigenvalue weighted by molar-refractivity contribution is -0.116. The van der Waals surface area contributed by atoms with Gasteiger partial charge in [0.2, 0.25) is 5.91 Å². The third kappa shape index (κ3) is 7.60. The van der Waals surface area contributed by atoms with Gasteiger partial charge in [-0.2, -0.15) is 8.78 Å². The number of carbonyl (C=O) groups is 1. The van der Waals surface area contributed by atoms with Crippen molar-refractivity contribution in [3.05, 3.63) is 29.8 Å². The molecule has 0 aliphatic carbocycles. The van der Waals surface area contributed by atoms with Gasteiger partial charge in [0.1, 0.15) is 0 Å². The van der Waals surface area contributed by atoms with Crippen LogP contribution in [0.15, 0.2) is 24.3 Å². The number of methoxy groups -OCH3 is 1. The number of halogens is 2. The predicted molar refractivity (Wildman–Crippen MR) is 84.8 cm³/mol. The van der Waals surface area contributed by atoms with Crippen LogP contribution in [-0.2, 0) is 4.79 Å². The Hall–Kier alpha value is -2.15. The van der Waals surface area contributed by atoms with Gasteiger partial charge in [0.05, 0.1) is 7.11 Å². The number of nitrogens with one attached hydrogen (secondary N) is 1. The number of carbonyl (C=O) groups excluding carboxylic acids is 1. The summed E-state index contributed by atoms with van der Waals surface area (Å²) in [6.45, 7) is -1.43. The molecule has 5 nitrogen and oxygen atoms in total. The Morgan fingerprint density at radius 3 is 2.70 bits per heavy atom. The molecular weight excluding hydrogens is 306 g/mol. The van der Waals surface area contributed by atoms with Crippen LogP contribution < -0.4 is 14.8 Å². The van der Waals surface area contributed by atoms with Gasteiger partial charge in [-0.25, -0.2) is 0 Å². The summed E-state index contributed by atoms with van der Waals surface area (Å²) >= 11 is 0. The maximum atomic E-state index is 12.2. The predicted octanol–water partition coefficient (Wildman–Crippen LogP) is 2.38. The van der Waals surface area contributed by atoms with Gasteiger partial charge < -0.3 is 19.7 Å². The van der Waals surface area contributed by atoms with Crippen LogP contribution >= 0.6 is 0 Å². The third-order valence-corrected chi connectivity index (χ3v) is 2.91. The highest BCUT2D eigenvalue weighted by Crippen LogP contribution is 2.29. The van der Waals surface area contributed by atoms with Crippen molar-refractivity contribution in [1.29, 1.82) is 0 Å². The van der Waals surface area contributed by atoms with Crippen molar-refractivity contribution >= 4 is 12.0 Å². The van der Waals surface area contributed by atoms with Crippen LogP contribution in [0, 0.1) is 0 Å². The molecule has 1 N–H and O–H groups in total. The first-order valence-corrected chi connectivity index (χ1v) is 7.16. The van der Waals surface area contributed by atoms with Crippen molar-refractivity contribution < 1.29 is 23.0 Å². The second-order valence-corrected chi connectivity index (χ2v) is 5.07. The van der Waals surface area contributed by atoms with E-state index < -0.39 is 6.61 Å². The zero-order chi connectivity index (χ0) is 17.2. The number of nitrogens with zero attached hydrogens (tertiary/aromatic N) is 1. The Kier molecular flexibility index (Phi) is 8.04. The zero-order valence-electron chi connectivity index (χ0n) is 13.5. The number of hydrogen-bond donors (Lipinski definition) is 1. The van der Waals surface area contributed by atoms with Gasteiger partial charge in [0.15, 0.2) is 11.5 Å². The van der Waals surface area contributed by atoms with Crippen molar-refractivity contribution in [3.8, 4) is 11.5 Å². The first-order valence-electron chi connectivity index (χ1n) is 7.16. The molecule has 1 amide bonds. The third-order valence-electron chi connectivity index (χ3n) is 2.91. The topological polar surface area (TPSA) is 50.8 Å². The molecule has 1 rings (SSSR count). The first-order chi connectivity index (χ1) is 10.9. The average molecular weight is 328 g/mol. The van der Waals surface area contributed by atoms with E-state index in [2.05, 4.69) is 10.1 Å². The highest BCUT2D eigenvalue weighted by molar-refractivity contribution is 5.91. The van der Waals surface area contributed by atoms with E-state index in [4.69, 9.17) is 4.74 Å². The number of ether oxygens (including phenoxy) is 2. The summed E-state index contributed by atoms with van der Waals surface area (Å²) in [6, 6.07) is 4.46. The molecule has 0 spiro atoms. The molecule has 0 aliphatic heterocycles. The van der Waals surface area contributed by atoms with Gasteiger partial charge in [-0.1, -0.05) is 6.07 Å². The highest BCUT2D eigenvalue weighted by atomic mass is 19.3. The van der Waals surface area contributed by atoms with Gasteiger partial charge in [0.25, 0.3) is 0 Å². The van der Waals surface area contributed by atoms with E-state index in [-0.39, 0.29) is 17.4 Å². The molecule has 0 fully saturated rings. The minimum atomic E-state index is -2.92. The minimum Gasteiger partial charge on any atom is -0.493 e. The maximum absolute atomic E-state index is 12.2. The van der Waals surface area contributed by atoms with E-state index in [1.807, 2.05) is 19.0 Å². The Morgan fingerprint density at radius 2 is 2.09 bits per heavy atom. The van der Waals surface area contributed by atoms with Gasteiger partial charge >= 0.3 is 6.61 Å². The molecule has 0 atom stereocenters. The molecule has 7 heteroatoms. The second-order valence-electron chi connectivity index (χ2n) is 5.07. The summed E-state index contributed by atoms with van der Waals surface area (Å²) in [5.74, 6) is -0.0812. The van der Waals surface area contributed by atoms with Crippen molar-refractivity contribution in [2.24, 2.45) is 0 Å². The highest BCUT2D eigenvalue weighted by Gasteiger charge is 2.10. The summed E-state index contributed by atoms with van der Waals surface area (Å²) in [4.78, 5) is 13.7. The van der Waals surface area contributed by atoms with Crippen LogP contribution in [0.4, 0.5) is 8.78 Å². The molecule has 0 aliphatic rings. The van der Waals surface area contributed by atoms with Gasteiger partial charge in [-0.3, -0.25) is 4.79 Å². The zero-order valence-corrected chi connectivity index (χ0v) is 13.5. The molecule has 0 saturated carbocycles. The van der Waals surface area contributed by atoms with Crippen molar-refractivity contribution in [2.75, 3.05) is 34.3 Å². The number of alkyl halides is 2. The normalized spacial score (nSPS) is 11.3. The summed E-state index contributed by atoms with van der Waals surface area (Å²) in [6.07, 6.45) is 3.83. The van der Waals surface area contributed by atoms with E-state index in [9.17, 15) is 13.6 Å².